The average Bonchev–Trinajstić information content (AvgIpc) is 3.42. The molecule has 1 fully saturated rings. The zero-order chi connectivity index (χ0) is 19.0. The lowest BCUT2D eigenvalue weighted by atomic mass is 9.78. The second-order valence-electron chi connectivity index (χ2n) is 7.48. The lowest BCUT2D eigenvalue weighted by Gasteiger charge is -2.26. The Kier molecular flexibility index (Phi) is 4.48. The molecule has 0 aliphatic heterocycles. The molecule has 0 heterocycles. The van der Waals surface area contributed by atoms with Crippen LogP contribution < -0.4 is 5.32 Å². The first-order valence-electron chi connectivity index (χ1n) is 9.36. The molecule has 2 aromatic carbocycles. The fourth-order valence-corrected chi connectivity index (χ4v) is 4.37. The Morgan fingerprint density at radius 1 is 1.15 bits per heavy atom. The van der Waals surface area contributed by atoms with Crippen molar-refractivity contribution in [3.8, 4) is 0 Å². The molecule has 5 heteroatoms. The molecule has 2 aromatic rings. The van der Waals surface area contributed by atoms with Crippen LogP contribution in [-0.2, 0) is 21.5 Å². The minimum absolute atomic E-state index is 0.0238. The number of nitrogens with zero attached hydrogens (tertiary/aromatic N) is 1. The number of rotatable bonds is 4. The maximum Gasteiger partial charge on any atom is 0.277 e. The highest BCUT2D eigenvalue weighted by molar-refractivity contribution is 5.97. The Labute approximate surface area is 159 Å². The van der Waals surface area contributed by atoms with E-state index in [1.165, 1.54) is 23.3 Å². The fraction of sp³-hybridized carbons (Fsp3) is 0.364. The Morgan fingerprint density at radius 3 is 2.63 bits per heavy atom. The molecular weight excluding hydrogens is 340 g/mol. The van der Waals surface area contributed by atoms with Crippen LogP contribution in [0.25, 0.3) is 0 Å². The Balaban J connectivity index is 1.45. The van der Waals surface area contributed by atoms with Crippen LogP contribution in [0, 0.1) is 5.92 Å². The van der Waals surface area contributed by atoms with Gasteiger partial charge in [0, 0.05) is 29.6 Å². The summed E-state index contributed by atoms with van der Waals surface area (Å²) in [5.41, 5.74) is 4.00. The van der Waals surface area contributed by atoms with E-state index in [9.17, 15) is 9.59 Å². The predicted molar refractivity (Wildman–Crippen MR) is 103 cm³/mol. The van der Waals surface area contributed by atoms with Gasteiger partial charge in [-0.25, -0.2) is 5.06 Å². The van der Waals surface area contributed by atoms with Crippen LogP contribution in [0.3, 0.4) is 0 Å². The van der Waals surface area contributed by atoms with Gasteiger partial charge in [0.1, 0.15) is 0 Å². The normalized spacial score (nSPS) is 22.8. The second kappa shape index (κ2) is 6.82. The summed E-state index contributed by atoms with van der Waals surface area (Å²) in [5, 5.41) is 4.19. The number of hydroxylamine groups is 2. The van der Waals surface area contributed by atoms with Crippen LogP contribution >= 0.6 is 0 Å². The van der Waals surface area contributed by atoms with E-state index in [-0.39, 0.29) is 23.1 Å². The lowest BCUT2D eigenvalue weighted by molar-refractivity contribution is -0.117. The maximum absolute atomic E-state index is 12.8. The van der Waals surface area contributed by atoms with Crippen LogP contribution in [0.2, 0.25) is 0 Å². The third kappa shape index (κ3) is 3.12. The molecule has 2 amide bonds. The van der Waals surface area contributed by atoms with E-state index in [4.69, 9.17) is 4.84 Å². The Bertz CT molecular complexity index is 877. The molecule has 1 spiro atoms. The first kappa shape index (κ1) is 17.7. The van der Waals surface area contributed by atoms with Gasteiger partial charge in [0.05, 0.1) is 7.11 Å². The van der Waals surface area contributed by atoms with E-state index in [1.54, 1.807) is 31.3 Å². The summed E-state index contributed by atoms with van der Waals surface area (Å²) in [4.78, 5) is 29.8. The smallest absolute Gasteiger partial charge is 0.277 e. The second-order valence-corrected chi connectivity index (χ2v) is 7.48. The number of carbonyl (C=O) groups is 2. The molecule has 2 atom stereocenters. The number of hydrogen-bond donors (Lipinski definition) is 1. The van der Waals surface area contributed by atoms with Crippen molar-refractivity contribution >= 4 is 17.5 Å². The SMILES string of the molecule is CON(C)C(=O)c1ccc(NC(=O)C2CC23CCCc2ccccc23)cc1. The minimum atomic E-state index is -0.227. The summed E-state index contributed by atoms with van der Waals surface area (Å²) in [5.74, 6) is -0.130. The molecule has 0 bridgehead atoms. The van der Waals surface area contributed by atoms with Gasteiger partial charge in [-0.3, -0.25) is 14.4 Å². The fourth-order valence-electron chi connectivity index (χ4n) is 4.37. The van der Waals surface area contributed by atoms with E-state index in [0.717, 1.165) is 25.7 Å². The van der Waals surface area contributed by atoms with Gasteiger partial charge in [0.2, 0.25) is 5.91 Å². The molecule has 2 unspecified atom stereocenters. The number of aryl methyl sites for hydroxylation is 1. The van der Waals surface area contributed by atoms with Crippen LogP contribution in [0.4, 0.5) is 5.69 Å². The molecule has 0 saturated heterocycles. The van der Waals surface area contributed by atoms with Crippen LogP contribution in [0.5, 0.6) is 0 Å². The van der Waals surface area contributed by atoms with Crippen molar-refractivity contribution in [3.63, 3.8) is 0 Å². The van der Waals surface area contributed by atoms with E-state index in [1.807, 2.05) is 0 Å². The number of anilines is 1. The predicted octanol–water partition coefficient (Wildman–Crippen LogP) is 3.55. The summed E-state index contributed by atoms with van der Waals surface area (Å²) in [6.45, 7) is 0. The number of nitrogens with one attached hydrogen (secondary N) is 1. The van der Waals surface area contributed by atoms with Gasteiger partial charge in [-0.1, -0.05) is 24.3 Å². The zero-order valence-corrected chi connectivity index (χ0v) is 15.7. The standard InChI is InChI=1S/C22H24N2O3/c1-24(27-2)21(26)16-9-11-17(12-10-16)23-20(25)19-14-22(19)13-5-7-15-6-3-4-8-18(15)22/h3-4,6,8-12,19H,5,7,13-14H2,1-2H3,(H,23,25). The monoisotopic (exact) mass is 364 g/mol. The summed E-state index contributed by atoms with van der Waals surface area (Å²) >= 11 is 0. The van der Waals surface area contributed by atoms with Crippen molar-refractivity contribution in [1.29, 1.82) is 0 Å². The summed E-state index contributed by atoms with van der Waals surface area (Å²) in [7, 11) is 3.01. The quantitative estimate of drug-likeness (QED) is 0.844. The highest BCUT2D eigenvalue weighted by Crippen LogP contribution is 2.60. The molecular formula is C22H24N2O3. The van der Waals surface area contributed by atoms with Gasteiger partial charge in [-0.15, -0.1) is 0 Å². The van der Waals surface area contributed by atoms with Gasteiger partial charge in [-0.05, 0) is 61.1 Å². The van der Waals surface area contributed by atoms with Gasteiger partial charge in [0.25, 0.3) is 5.91 Å². The third-order valence-corrected chi connectivity index (χ3v) is 5.97. The lowest BCUT2D eigenvalue weighted by Crippen LogP contribution is -2.25. The Hall–Kier alpha value is -2.66. The van der Waals surface area contributed by atoms with Crippen molar-refractivity contribution < 1.29 is 14.4 Å². The molecule has 0 aromatic heterocycles. The van der Waals surface area contributed by atoms with Gasteiger partial charge >= 0.3 is 0 Å². The highest BCUT2D eigenvalue weighted by Gasteiger charge is 2.60. The number of amides is 2. The van der Waals surface area contributed by atoms with Gasteiger partial charge in [-0.2, -0.15) is 0 Å². The zero-order valence-electron chi connectivity index (χ0n) is 15.7. The third-order valence-electron chi connectivity index (χ3n) is 5.97. The molecule has 1 N–H and O–H groups in total. The van der Waals surface area contributed by atoms with Crippen LogP contribution in [0.1, 0.15) is 40.7 Å². The van der Waals surface area contributed by atoms with Crippen molar-refractivity contribution in [2.75, 3.05) is 19.5 Å². The minimum Gasteiger partial charge on any atom is -0.326 e. The topological polar surface area (TPSA) is 58.6 Å². The average molecular weight is 364 g/mol. The van der Waals surface area contributed by atoms with E-state index >= 15 is 0 Å². The summed E-state index contributed by atoms with van der Waals surface area (Å²) in [6, 6.07) is 15.5. The van der Waals surface area contributed by atoms with Crippen LogP contribution in [-0.4, -0.2) is 31.0 Å². The van der Waals surface area contributed by atoms with Crippen molar-refractivity contribution in [2.45, 2.75) is 31.1 Å². The molecule has 1 saturated carbocycles. The van der Waals surface area contributed by atoms with E-state index < -0.39 is 0 Å². The largest absolute Gasteiger partial charge is 0.326 e. The summed E-state index contributed by atoms with van der Waals surface area (Å²) in [6.07, 6.45) is 4.26. The molecule has 4 rings (SSSR count). The van der Waals surface area contributed by atoms with Crippen molar-refractivity contribution in [1.82, 2.24) is 5.06 Å². The molecule has 5 nitrogen and oxygen atoms in total. The van der Waals surface area contributed by atoms with Crippen LogP contribution in [0.15, 0.2) is 48.5 Å². The van der Waals surface area contributed by atoms with Crippen molar-refractivity contribution in [2.24, 2.45) is 5.92 Å². The molecule has 27 heavy (non-hydrogen) atoms. The molecule has 2 aliphatic carbocycles. The molecule has 2 aliphatic rings. The summed E-state index contributed by atoms with van der Waals surface area (Å²) < 4.78 is 0. The number of hydrogen-bond acceptors (Lipinski definition) is 3. The molecule has 0 radical (unpaired) electrons. The number of fused-ring (bicyclic) bond motifs is 2. The highest BCUT2D eigenvalue weighted by atomic mass is 16.7. The first-order valence-corrected chi connectivity index (χ1v) is 9.36. The first-order chi connectivity index (χ1) is 13.0. The number of benzene rings is 2. The van der Waals surface area contributed by atoms with Gasteiger partial charge in [0.15, 0.2) is 0 Å². The molecule has 140 valence electrons. The Morgan fingerprint density at radius 2 is 1.89 bits per heavy atom. The van der Waals surface area contributed by atoms with E-state index in [0.29, 0.717) is 11.3 Å². The van der Waals surface area contributed by atoms with Gasteiger partial charge < -0.3 is 5.32 Å². The maximum atomic E-state index is 12.8. The van der Waals surface area contributed by atoms with E-state index in [2.05, 4.69) is 29.6 Å². The number of carbonyl (C=O) groups excluding carboxylic acids is 2. The van der Waals surface area contributed by atoms with Crippen molar-refractivity contribution in [3.05, 3.63) is 65.2 Å².